The molecular formula is C21H30N2O3S. The van der Waals surface area contributed by atoms with Crippen LogP contribution in [0.2, 0.25) is 0 Å². The number of hydrogen-bond donors (Lipinski definition) is 0. The summed E-state index contributed by atoms with van der Waals surface area (Å²) in [5.74, 6) is 0.913. The summed E-state index contributed by atoms with van der Waals surface area (Å²) in [6, 6.07) is 7.24. The Morgan fingerprint density at radius 1 is 1.15 bits per heavy atom. The van der Waals surface area contributed by atoms with Gasteiger partial charge in [0.1, 0.15) is 0 Å². The van der Waals surface area contributed by atoms with E-state index in [4.69, 9.17) is 0 Å². The first kappa shape index (κ1) is 20.1. The number of benzene rings is 1. The SMILES string of the molecule is CC[C@@H](C)c1ccc(S(=O)(=O)N2CCN(C(=O)C[C@H]3C=CCC3)CC2)cc1. The zero-order valence-electron chi connectivity index (χ0n) is 16.3. The molecule has 0 unspecified atom stereocenters. The van der Waals surface area contributed by atoms with E-state index in [2.05, 4.69) is 26.0 Å². The number of sulfonamides is 1. The van der Waals surface area contributed by atoms with Crippen molar-refractivity contribution in [2.45, 2.75) is 50.3 Å². The number of rotatable bonds is 6. The molecular weight excluding hydrogens is 360 g/mol. The van der Waals surface area contributed by atoms with Gasteiger partial charge in [0.2, 0.25) is 15.9 Å². The minimum Gasteiger partial charge on any atom is -0.340 e. The molecule has 1 aliphatic carbocycles. The zero-order chi connectivity index (χ0) is 19.4. The molecule has 0 bridgehead atoms. The lowest BCUT2D eigenvalue weighted by atomic mass is 9.99. The van der Waals surface area contributed by atoms with Crippen LogP contribution in [0.5, 0.6) is 0 Å². The summed E-state index contributed by atoms with van der Waals surface area (Å²) < 4.78 is 27.3. The summed E-state index contributed by atoms with van der Waals surface area (Å²) in [6.07, 6.45) is 7.93. The summed E-state index contributed by atoms with van der Waals surface area (Å²) in [7, 11) is -3.50. The topological polar surface area (TPSA) is 57.7 Å². The third-order valence-corrected chi connectivity index (χ3v) is 7.75. The third-order valence-electron chi connectivity index (χ3n) is 5.84. The van der Waals surface area contributed by atoms with Crippen LogP contribution in [-0.4, -0.2) is 49.7 Å². The maximum absolute atomic E-state index is 12.9. The highest BCUT2D eigenvalue weighted by atomic mass is 32.2. The molecule has 0 radical (unpaired) electrons. The first-order chi connectivity index (χ1) is 12.9. The second kappa shape index (κ2) is 8.57. The van der Waals surface area contributed by atoms with E-state index in [1.807, 2.05) is 17.0 Å². The van der Waals surface area contributed by atoms with Gasteiger partial charge >= 0.3 is 0 Å². The molecule has 27 heavy (non-hydrogen) atoms. The van der Waals surface area contributed by atoms with Crippen LogP contribution in [0.3, 0.4) is 0 Å². The molecule has 2 atom stereocenters. The van der Waals surface area contributed by atoms with Crippen molar-refractivity contribution in [1.82, 2.24) is 9.21 Å². The molecule has 1 aromatic rings. The average molecular weight is 391 g/mol. The molecule has 1 heterocycles. The Morgan fingerprint density at radius 2 is 1.81 bits per heavy atom. The Hall–Kier alpha value is -1.66. The van der Waals surface area contributed by atoms with E-state index in [9.17, 15) is 13.2 Å². The fourth-order valence-electron chi connectivity index (χ4n) is 3.75. The second-order valence-electron chi connectivity index (χ2n) is 7.63. The minimum absolute atomic E-state index is 0.140. The maximum Gasteiger partial charge on any atom is 0.243 e. The predicted molar refractivity (Wildman–Crippen MR) is 107 cm³/mol. The Kier molecular flexibility index (Phi) is 6.37. The highest BCUT2D eigenvalue weighted by Gasteiger charge is 2.30. The molecule has 0 saturated carbocycles. The summed E-state index contributed by atoms with van der Waals surface area (Å²) >= 11 is 0. The monoisotopic (exact) mass is 390 g/mol. The summed E-state index contributed by atoms with van der Waals surface area (Å²) in [5, 5.41) is 0. The molecule has 6 heteroatoms. The van der Waals surface area contributed by atoms with Crippen molar-refractivity contribution in [3.8, 4) is 0 Å². The van der Waals surface area contributed by atoms with Gasteiger partial charge in [0.05, 0.1) is 4.90 Å². The molecule has 0 spiro atoms. The standard InChI is InChI=1S/C21H30N2O3S/c1-3-17(2)19-8-10-20(11-9-19)27(25,26)23-14-12-22(13-15-23)21(24)16-18-6-4-5-7-18/h4,6,8-11,17-18H,3,5,7,12-16H2,1-2H3/t17-,18+/m1/s1. The molecule has 5 nitrogen and oxygen atoms in total. The second-order valence-corrected chi connectivity index (χ2v) is 9.57. The van der Waals surface area contributed by atoms with Crippen molar-refractivity contribution >= 4 is 15.9 Å². The van der Waals surface area contributed by atoms with E-state index >= 15 is 0 Å². The first-order valence-electron chi connectivity index (χ1n) is 9.96. The molecule has 1 aliphatic heterocycles. The number of piperazine rings is 1. The van der Waals surface area contributed by atoms with E-state index in [0.29, 0.717) is 49.3 Å². The number of carbonyl (C=O) groups is 1. The largest absolute Gasteiger partial charge is 0.340 e. The third kappa shape index (κ3) is 4.61. The Bertz CT molecular complexity index is 778. The van der Waals surface area contributed by atoms with Crippen LogP contribution in [0, 0.1) is 5.92 Å². The van der Waals surface area contributed by atoms with E-state index in [1.54, 1.807) is 12.1 Å². The highest BCUT2D eigenvalue weighted by Crippen LogP contribution is 2.24. The van der Waals surface area contributed by atoms with Crippen LogP contribution in [0.4, 0.5) is 0 Å². The van der Waals surface area contributed by atoms with Crippen molar-refractivity contribution in [3.05, 3.63) is 42.0 Å². The smallest absolute Gasteiger partial charge is 0.243 e. The first-order valence-corrected chi connectivity index (χ1v) is 11.4. The molecule has 3 rings (SSSR count). The van der Waals surface area contributed by atoms with Gasteiger partial charge in [-0.1, -0.05) is 38.1 Å². The number of hydrogen-bond acceptors (Lipinski definition) is 3. The molecule has 0 aromatic heterocycles. The highest BCUT2D eigenvalue weighted by molar-refractivity contribution is 7.89. The van der Waals surface area contributed by atoms with Crippen molar-refractivity contribution in [2.75, 3.05) is 26.2 Å². The fourth-order valence-corrected chi connectivity index (χ4v) is 5.17. The zero-order valence-corrected chi connectivity index (χ0v) is 17.1. The van der Waals surface area contributed by atoms with E-state index in [1.165, 1.54) is 4.31 Å². The number of nitrogens with zero attached hydrogens (tertiary/aromatic N) is 2. The van der Waals surface area contributed by atoms with Crippen molar-refractivity contribution in [1.29, 1.82) is 0 Å². The fraction of sp³-hybridized carbons (Fsp3) is 0.571. The van der Waals surface area contributed by atoms with Gasteiger partial charge in [-0.15, -0.1) is 0 Å². The van der Waals surface area contributed by atoms with E-state index in [-0.39, 0.29) is 5.91 Å². The lowest BCUT2D eigenvalue weighted by Crippen LogP contribution is -2.50. The maximum atomic E-state index is 12.9. The lowest BCUT2D eigenvalue weighted by molar-refractivity contribution is -0.133. The van der Waals surface area contributed by atoms with Gasteiger partial charge in [0.15, 0.2) is 0 Å². The van der Waals surface area contributed by atoms with Crippen molar-refractivity contribution in [2.24, 2.45) is 5.92 Å². The summed E-state index contributed by atoms with van der Waals surface area (Å²) in [5.41, 5.74) is 1.16. The molecule has 1 aromatic carbocycles. The number of carbonyl (C=O) groups excluding carboxylic acids is 1. The summed E-state index contributed by atoms with van der Waals surface area (Å²) in [6.45, 7) is 5.93. The average Bonchev–Trinajstić information content (AvgIpc) is 3.20. The molecule has 1 amide bonds. The number of amides is 1. The predicted octanol–water partition coefficient (Wildman–Crippen LogP) is 3.39. The molecule has 148 valence electrons. The van der Waals surface area contributed by atoms with Crippen LogP contribution in [0.15, 0.2) is 41.3 Å². The van der Waals surface area contributed by atoms with Crippen LogP contribution in [0.1, 0.15) is 51.0 Å². The Labute approximate surface area is 163 Å². The van der Waals surface area contributed by atoms with Crippen LogP contribution < -0.4 is 0 Å². The van der Waals surface area contributed by atoms with Gasteiger partial charge in [-0.05, 0) is 48.8 Å². The van der Waals surface area contributed by atoms with Crippen molar-refractivity contribution in [3.63, 3.8) is 0 Å². The minimum atomic E-state index is -3.50. The Balaban J connectivity index is 1.59. The molecule has 1 saturated heterocycles. The van der Waals surface area contributed by atoms with Gasteiger partial charge in [-0.3, -0.25) is 4.79 Å². The van der Waals surface area contributed by atoms with Crippen molar-refractivity contribution < 1.29 is 13.2 Å². The molecule has 0 N–H and O–H groups in total. The molecule has 1 fully saturated rings. The van der Waals surface area contributed by atoms with E-state index in [0.717, 1.165) is 24.8 Å². The number of allylic oxidation sites excluding steroid dienone is 2. The normalized spacial score (nSPS) is 22.1. The van der Waals surface area contributed by atoms with Gasteiger partial charge in [-0.25, -0.2) is 8.42 Å². The van der Waals surface area contributed by atoms with E-state index < -0.39 is 10.0 Å². The quantitative estimate of drug-likeness (QED) is 0.700. The van der Waals surface area contributed by atoms with Crippen LogP contribution in [-0.2, 0) is 14.8 Å². The van der Waals surface area contributed by atoms with Gasteiger partial charge in [-0.2, -0.15) is 4.31 Å². The van der Waals surface area contributed by atoms with Crippen LogP contribution in [0.25, 0.3) is 0 Å². The molecule has 2 aliphatic rings. The van der Waals surface area contributed by atoms with Gasteiger partial charge < -0.3 is 4.90 Å². The van der Waals surface area contributed by atoms with Gasteiger partial charge in [0, 0.05) is 32.6 Å². The van der Waals surface area contributed by atoms with Gasteiger partial charge in [0.25, 0.3) is 0 Å². The van der Waals surface area contributed by atoms with Crippen LogP contribution >= 0.6 is 0 Å². The lowest BCUT2D eigenvalue weighted by Gasteiger charge is -2.34. The Morgan fingerprint density at radius 3 is 2.37 bits per heavy atom. The summed E-state index contributed by atoms with van der Waals surface area (Å²) in [4.78, 5) is 14.6.